The third-order valence-corrected chi connectivity index (χ3v) is 3.49. The Balaban J connectivity index is 1.80. The Morgan fingerprint density at radius 3 is 2.33 bits per heavy atom. The molecule has 0 saturated carbocycles. The quantitative estimate of drug-likeness (QED) is 0.440. The molecule has 0 aliphatic heterocycles. The van der Waals surface area contributed by atoms with Crippen LogP contribution in [0.25, 0.3) is 10.8 Å². The predicted molar refractivity (Wildman–Crippen MR) is 90.4 cm³/mol. The van der Waals surface area contributed by atoms with Crippen molar-refractivity contribution in [3.8, 4) is 17.2 Å². The summed E-state index contributed by atoms with van der Waals surface area (Å²) in [6.45, 7) is 0. The first-order valence-corrected chi connectivity index (χ1v) is 7.12. The molecular weight excluding hydrogens is 308 g/mol. The Bertz CT molecular complexity index is 951. The molecule has 0 aliphatic rings. The van der Waals surface area contributed by atoms with Crippen molar-refractivity contribution < 1.29 is 20.1 Å². The maximum Gasteiger partial charge on any atom is 0.275 e. The summed E-state index contributed by atoms with van der Waals surface area (Å²) in [6.07, 6.45) is 1.24. The van der Waals surface area contributed by atoms with Gasteiger partial charge in [0.15, 0.2) is 0 Å². The number of carbonyl (C=O) groups excluding carboxylic acids is 1. The number of carbonyl (C=O) groups is 1. The first-order valence-electron chi connectivity index (χ1n) is 7.12. The molecule has 0 aliphatic carbocycles. The van der Waals surface area contributed by atoms with Crippen molar-refractivity contribution in [1.29, 1.82) is 0 Å². The van der Waals surface area contributed by atoms with Gasteiger partial charge in [0.25, 0.3) is 5.91 Å². The second-order valence-corrected chi connectivity index (χ2v) is 5.16. The van der Waals surface area contributed by atoms with Crippen LogP contribution in [-0.4, -0.2) is 27.4 Å². The number of rotatable bonds is 3. The van der Waals surface area contributed by atoms with Gasteiger partial charge < -0.3 is 15.3 Å². The maximum atomic E-state index is 12.2. The summed E-state index contributed by atoms with van der Waals surface area (Å²) in [5, 5.41) is 34.2. The van der Waals surface area contributed by atoms with Gasteiger partial charge in [-0.05, 0) is 35.0 Å². The van der Waals surface area contributed by atoms with Crippen LogP contribution in [0, 0.1) is 0 Å². The molecule has 0 heterocycles. The van der Waals surface area contributed by atoms with E-state index in [9.17, 15) is 20.1 Å². The van der Waals surface area contributed by atoms with Crippen molar-refractivity contribution in [2.45, 2.75) is 0 Å². The van der Waals surface area contributed by atoms with Crippen LogP contribution in [0.2, 0.25) is 0 Å². The summed E-state index contributed by atoms with van der Waals surface area (Å²) in [7, 11) is 0. The summed E-state index contributed by atoms with van der Waals surface area (Å²) in [5.74, 6) is -0.960. The second kappa shape index (κ2) is 6.29. The fraction of sp³-hybridized carbons (Fsp3) is 0. The lowest BCUT2D eigenvalue weighted by Crippen LogP contribution is -2.17. The van der Waals surface area contributed by atoms with Crippen LogP contribution in [0.15, 0.2) is 59.7 Å². The van der Waals surface area contributed by atoms with Crippen molar-refractivity contribution >= 4 is 22.9 Å². The maximum absolute atomic E-state index is 12.2. The molecule has 3 rings (SSSR count). The molecule has 0 atom stereocenters. The Morgan fingerprint density at radius 1 is 0.917 bits per heavy atom. The number of hydrogen-bond donors (Lipinski definition) is 4. The number of fused-ring (bicyclic) bond motifs is 1. The van der Waals surface area contributed by atoms with E-state index in [0.717, 1.165) is 10.8 Å². The van der Waals surface area contributed by atoms with Gasteiger partial charge in [-0.25, -0.2) is 5.43 Å². The van der Waals surface area contributed by atoms with E-state index in [4.69, 9.17) is 0 Å². The van der Waals surface area contributed by atoms with Crippen LogP contribution in [-0.2, 0) is 0 Å². The average molecular weight is 322 g/mol. The van der Waals surface area contributed by atoms with E-state index >= 15 is 0 Å². The van der Waals surface area contributed by atoms with Crippen molar-refractivity contribution in [2.24, 2.45) is 5.10 Å². The molecule has 1 amide bonds. The Kier molecular flexibility index (Phi) is 4.03. The van der Waals surface area contributed by atoms with E-state index in [1.807, 2.05) is 24.3 Å². The highest BCUT2D eigenvalue weighted by atomic mass is 16.3. The number of nitrogens with one attached hydrogen (secondary N) is 1. The third kappa shape index (κ3) is 3.12. The van der Waals surface area contributed by atoms with Gasteiger partial charge in [-0.1, -0.05) is 24.3 Å². The fourth-order valence-electron chi connectivity index (χ4n) is 2.27. The van der Waals surface area contributed by atoms with Crippen LogP contribution in [0.4, 0.5) is 0 Å². The molecule has 0 radical (unpaired) electrons. The Labute approximate surface area is 137 Å². The van der Waals surface area contributed by atoms with Gasteiger partial charge in [0.1, 0.15) is 17.2 Å². The van der Waals surface area contributed by atoms with E-state index in [2.05, 4.69) is 10.5 Å². The topological polar surface area (TPSA) is 102 Å². The third-order valence-electron chi connectivity index (χ3n) is 3.49. The van der Waals surface area contributed by atoms with Crippen LogP contribution in [0.1, 0.15) is 15.9 Å². The monoisotopic (exact) mass is 322 g/mol. The van der Waals surface area contributed by atoms with Crippen molar-refractivity contribution in [2.75, 3.05) is 0 Å². The molecule has 120 valence electrons. The molecule has 24 heavy (non-hydrogen) atoms. The predicted octanol–water partition coefficient (Wildman–Crippen LogP) is 2.72. The Hall–Kier alpha value is -3.54. The van der Waals surface area contributed by atoms with E-state index in [-0.39, 0.29) is 22.8 Å². The molecule has 0 saturated heterocycles. The number of phenols is 3. The summed E-state index contributed by atoms with van der Waals surface area (Å²) < 4.78 is 0. The largest absolute Gasteiger partial charge is 0.508 e. The number of hydrogen-bond acceptors (Lipinski definition) is 5. The van der Waals surface area contributed by atoms with E-state index < -0.39 is 5.91 Å². The first kappa shape index (κ1) is 15.4. The highest BCUT2D eigenvalue weighted by Crippen LogP contribution is 2.25. The SMILES string of the molecule is O=C(N/N=C/c1ccc(O)cc1O)c1cc2ccccc2cc1O. The molecule has 0 spiro atoms. The fourth-order valence-corrected chi connectivity index (χ4v) is 2.27. The molecule has 3 aromatic carbocycles. The Morgan fingerprint density at radius 2 is 1.62 bits per heavy atom. The van der Waals surface area contributed by atoms with Gasteiger partial charge >= 0.3 is 0 Å². The summed E-state index contributed by atoms with van der Waals surface area (Å²) in [6, 6.07) is 14.5. The molecule has 6 heteroatoms. The van der Waals surface area contributed by atoms with E-state index in [0.29, 0.717) is 5.56 Å². The lowest BCUT2D eigenvalue weighted by atomic mass is 10.1. The van der Waals surface area contributed by atoms with Crippen molar-refractivity contribution in [3.05, 3.63) is 65.7 Å². The van der Waals surface area contributed by atoms with Gasteiger partial charge in [0.05, 0.1) is 11.8 Å². The van der Waals surface area contributed by atoms with Crippen molar-refractivity contribution in [3.63, 3.8) is 0 Å². The minimum atomic E-state index is -0.576. The average Bonchev–Trinajstić information content (AvgIpc) is 2.56. The highest BCUT2D eigenvalue weighted by Gasteiger charge is 2.11. The smallest absolute Gasteiger partial charge is 0.275 e. The van der Waals surface area contributed by atoms with Gasteiger partial charge in [0.2, 0.25) is 0 Å². The zero-order valence-electron chi connectivity index (χ0n) is 12.5. The van der Waals surface area contributed by atoms with Gasteiger partial charge in [-0.2, -0.15) is 5.10 Å². The van der Waals surface area contributed by atoms with Crippen LogP contribution in [0.3, 0.4) is 0 Å². The number of benzene rings is 3. The number of aromatic hydroxyl groups is 3. The summed E-state index contributed by atoms with van der Waals surface area (Å²) >= 11 is 0. The molecule has 3 aromatic rings. The molecule has 0 aromatic heterocycles. The zero-order chi connectivity index (χ0) is 17.1. The number of amides is 1. The van der Waals surface area contributed by atoms with Gasteiger partial charge in [-0.15, -0.1) is 0 Å². The normalized spacial score (nSPS) is 11.0. The molecule has 4 N–H and O–H groups in total. The van der Waals surface area contributed by atoms with Crippen LogP contribution in [0.5, 0.6) is 17.2 Å². The first-order chi connectivity index (χ1) is 11.5. The molecule has 0 fully saturated rings. The van der Waals surface area contributed by atoms with E-state index in [1.165, 1.54) is 30.5 Å². The van der Waals surface area contributed by atoms with Gasteiger partial charge in [0, 0.05) is 11.6 Å². The number of hydrazone groups is 1. The molecule has 6 nitrogen and oxygen atoms in total. The number of nitrogens with zero attached hydrogens (tertiary/aromatic N) is 1. The minimum Gasteiger partial charge on any atom is -0.508 e. The zero-order valence-corrected chi connectivity index (χ0v) is 12.5. The van der Waals surface area contributed by atoms with Crippen molar-refractivity contribution in [1.82, 2.24) is 5.43 Å². The highest BCUT2D eigenvalue weighted by molar-refractivity contribution is 6.01. The lowest BCUT2D eigenvalue weighted by molar-refractivity contribution is 0.0952. The molecule has 0 bridgehead atoms. The number of phenolic OH excluding ortho intramolecular Hbond substituents is 3. The standard InChI is InChI=1S/C18H14N2O4/c21-14-6-5-13(16(22)9-14)10-19-20-18(24)15-7-11-3-1-2-4-12(11)8-17(15)23/h1-10,21-23H,(H,20,24)/b19-10+. The molecule has 0 unspecified atom stereocenters. The minimum absolute atomic E-state index is 0.0743. The molecular formula is C18H14N2O4. The van der Waals surface area contributed by atoms with Crippen LogP contribution >= 0.6 is 0 Å². The van der Waals surface area contributed by atoms with Crippen LogP contribution < -0.4 is 5.43 Å². The second-order valence-electron chi connectivity index (χ2n) is 5.16. The van der Waals surface area contributed by atoms with Gasteiger partial charge in [-0.3, -0.25) is 4.79 Å². The lowest BCUT2D eigenvalue weighted by Gasteiger charge is -2.06. The van der Waals surface area contributed by atoms with E-state index in [1.54, 1.807) is 6.07 Å². The summed E-state index contributed by atoms with van der Waals surface area (Å²) in [5.41, 5.74) is 2.72. The summed E-state index contributed by atoms with van der Waals surface area (Å²) in [4.78, 5) is 12.2.